The third-order valence-corrected chi connectivity index (χ3v) is 2.54. The fraction of sp³-hybridized carbons (Fsp3) is 0.800. The van der Waals surface area contributed by atoms with E-state index in [0.29, 0.717) is 25.9 Å². The van der Waals surface area contributed by atoms with Crippen LogP contribution >= 0.6 is 0 Å². The summed E-state index contributed by atoms with van der Waals surface area (Å²) in [6.07, 6.45) is 0.565. The van der Waals surface area contributed by atoms with Crippen LogP contribution in [0, 0.1) is 0 Å². The molecular formula is C10H18N2O4. The summed E-state index contributed by atoms with van der Waals surface area (Å²) >= 11 is 0. The van der Waals surface area contributed by atoms with Crippen molar-refractivity contribution in [3.05, 3.63) is 0 Å². The molecule has 0 aromatic carbocycles. The van der Waals surface area contributed by atoms with Gasteiger partial charge in [-0.25, -0.2) is 0 Å². The quantitative estimate of drug-likeness (QED) is 0.565. The van der Waals surface area contributed by atoms with Gasteiger partial charge in [0.2, 0.25) is 5.91 Å². The fourth-order valence-electron chi connectivity index (χ4n) is 1.83. The van der Waals surface area contributed by atoms with E-state index in [4.69, 9.17) is 5.11 Å². The van der Waals surface area contributed by atoms with Crippen LogP contribution in [0.5, 0.6) is 0 Å². The number of aliphatic hydroxyl groups is 1. The number of amides is 1. The lowest BCUT2D eigenvalue weighted by molar-refractivity contribution is -0.145. The van der Waals surface area contributed by atoms with Gasteiger partial charge < -0.3 is 20.4 Å². The first-order chi connectivity index (χ1) is 7.54. The Hall–Kier alpha value is -1.14. The number of carbonyl (C=O) groups excluding carboxylic acids is 1. The van der Waals surface area contributed by atoms with Gasteiger partial charge in [0.1, 0.15) is 6.54 Å². The largest absolute Gasteiger partial charge is 0.480 e. The Morgan fingerprint density at radius 2 is 2.19 bits per heavy atom. The van der Waals surface area contributed by atoms with Crippen molar-refractivity contribution in [3.63, 3.8) is 0 Å². The molecule has 6 heteroatoms. The van der Waals surface area contributed by atoms with Crippen molar-refractivity contribution >= 4 is 11.9 Å². The van der Waals surface area contributed by atoms with Gasteiger partial charge in [-0.3, -0.25) is 9.59 Å². The summed E-state index contributed by atoms with van der Waals surface area (Å²) in [7, 11) is 0. The van der Waals surface area contributed by atoms with E-state index in [-0.39, 0.29) is 12.5 Å². The number of hydrogen-bond acceptors (Lipinski definition) is 4. The van der Waals surface area contributed by atoms with Crippen LogP contribution < -0.4 is 5.32 Å². The second-order valence-corrected chi connectivity index (χ2v) is 4.00. The summed E-state index contributed by atoms with van der Waals surface area (Å²) in [5.74, 6) is -1.25. The monoisotopic (exact) mass is 230 g/mol. The molecule has 1 amide bonds. The van der Waals surface area contributed by atoms with E-state index in [0.717, 1.165) is 0 Å². The van der Waals surface area contributed by atoms with E-state index in [1.807, 2.05) is 6.92 Å². The van der Waals surface area contributed by atoms with E-state index < -0.39 is 18.1 Å². The Labute approximate surface area is 94.2 Å². The lowest BCUT2D eigenvalue weighted by atomic mass is 10.1. The average Bonchev–Trinajstić information content (AvgIpc) is 2.62. The molecule has 3 N–H and O–H groups in total. The molecule has 0 aliphatic carbocycles. The Morgan fingerprint density at radius 3 is 2.62 bits per heavy atom. The highest BCUT2D eigenvalue weighted by Crippen LogP contribution is 2.09. The van der Waals surface area contributed by atoms with Crippen molar-refractivity contribution in [2.24, 2.45) is 0 Å². The number of carboxylic acids is 1. The summed E-state index contributed by atoms with van der Waals surface area (Å²) < 4.78 is 0. The van der Waals surface area contributed by atoms with E-state index in [1.165, 1.54) is 4.90 Å². The Bertz CT molecular complexity index is 270. The molecule has 92 valence electrons. The zero-order chi connectivity index (χ0) is 12.1. The van der Waals surface area contributed by atoms with Gasteiger partial charge in [0.25, 0.3) is 0 Å². The highest BCUT2D eigenvalue weighted by atomic mass is 16.4. The molecule has 0 bridgehead atoms. The summed E-state index contributed by atoms with van der Waals surface area (Å²) in [6, 6.07) is -0.444. The first kappa shape index (κ1) is 12.9. The SMILES string of the molecule is CCCN(CC(=O)O)C(=O)C1CC(O)CN1. The minimum Gasteiger partial charge on any atom is -0.480 e. The molecular weight excluding hydrogens is 212 g/mol. The summed E-state index contributed by atoms with van der Waals surface area (Å²) in [5, 5.41) is 20.9. The molecule has 0 spiro atoms. The molecule has 1 rings (SSSR count). The highest BCUT2D eigenvalue weighted by molar-refractivity contribution is 5.85. The lowest BCUT2D eigenvalue weighted by Gasteiger charge is -2.23. The second kappa shape index (κ2) is 5.81. The van der Waals surface area contributed by atoms with Crippen molar-refractivity contribution in [1.82, 2.24) is 10.2 Å². The van der Waals surface area contributed by atoms with Crippen LogP contribution in [0.15, 0.2) is 0 Å². The molecule has 1 heterocycles. The number of aliphatic hydroxyl groups excluding tert-OH is 1. The normalized spacial score (nSPS) is 24.4. The van der Waals surface area contributed by atoms with Crippen LogP contribution in [-0.2, 0) is 9.59 Å². The number of carbonyl (C=O) groups is 2. The standard InChI is InChI=1S/C10H18N2O4/c1-2-3-12(6-9(14)15)10(16)8-4-7(13)5-11-8/h7-8,11,13H,2-6H2,1H3,(H,14,15). The smallest absolute Gasteiger partial charge is 0.323 e. The van der Waals surface area contributed by atoms with E-state index >= 15 is 0 Å². The zero-order valence-electron chi connectivity index (χ0n) is 9.35. The minimum absolute atomic E-state index is 0.235. The third kappa shape index (κ3) is 3.46. The topological polar surface area (TPSA) is 89.9 Å². The number of β-amino-alcohol motifs (C(OH)–C–C–N with tert-alkyl or cyclic N) is 1. The van der Waals surface area contributed by atoms with Gasteiger partial charge in [-0.2, -0.15) is 0 Å². The van der Waals surface area contributed by atoms with Gasteiger partial charge >= 0.3 is 5.97 Å². The maximum absolute atomic E-state index is 11.9. The number of aliphatic carboxylic acids is 1. The van der Waals surface area contributed by atoms with Gasteiger partial charge in [-0.1, -0.05) is 6.92 Å². The van der Waals surface area contributed by atoms with E-state index in [2.05, 4.69) is 5.32 Å². The average molecular weight is 230 g/mol. The van der Waals surface area contributed by atoms with Crippen LogP contribution in [0.1, 0.15) is 19.8 Å². The van der Waals surface area contributed by atoms with Gasteiger partial charge in [-0.05, 0) is 12.8 Å². The van der Waals surface area contributed by atoms with Crippen molar-refractivity contribution < 1.29 is 19.8 Å². The molecule has 0 aromatic rings. The second-order valence-electron chi connectivity index (χ2n) is 4.00. The lowest BCUT2D eigenvalue weighted by Crippen LogP contribution is -2.46. The number of nitrogens with zero attached hydrogens (tertiary/aromatic N) is 1. The maximum Gasteiger partial charge on any atom is 0.323 e. The zero-order valence-corrected chi connectivity index (χ0v) is 9.35. The van der Waals surface area contributed by atoms with Crippen LogP contribution in [-0.4, -0.2) is 58.8 Å². The predicted octanol–water partition coefficient (Wildman–Crippen LogP) is -0.968. The molecule has 0 radical (unpaired) electrons. The highest BCUT2D eigenvalue weighted by Gasteiger charge is 2.31. The van der Waals surface area contributed by atoms with Crippen molar-refractivity contribution in [1.29, 1.82) is 0 Å². The summed E-state index contributed by atoms with van der Waals surface area (Å²) in [5.41, 5.74) is 0. The van der Waals surface area contributed by atoms with Gasteiger partial charge in [0, 0.05) is 13.1 Å². The summed E-state index contributed by atoms with van der Waals surface area (Å²) in [4.78, 5) is 23.8. The van der Waals surface area contributed by atoms with Crippen LogP contribution in [0.3, 0.4) is 0 Å². The Kier molecular flexibility index (Phi) is 4.70. The molecule has 16 heavy (non-hydrogen) atoms. The minimum atomic E-state index is -1.01. The maximum atomic E-state index is 11.9. The molecule has 6 nitrogen and oxygen atoms in total. The number of hydrogen-bond donors (Lipinski definition) is 3. The van der Waals surface area contributed by atoms with E-state index in [1.54, 1.807) is 0 Å². The van der Waals surface area contributed by atoms with Crippen LogP contribution in [0.25, 0.3) is 0 Å². The number of rotatable bonds is 5. The van der Waals surface area contributed by atoms with Gasteiger partial charge in [0.15, 0.2) is 0 Å². The van der Waals surface area contributed by atoms with Crippen molar-refractivity contribution in [3.8, 4) is 0 Å². The molecule has 1 aliphatic rings. The first-order valence-corrected chi connectivity index (χ1v) is 5.46. The molecule has 1 fully saturated rings. The predicted molar refractivity (Wildman–Crippen MR) is 56.9 cm³/mol. The Morgan fingerprint density at radius 1 is 1.50 bits per heavy atom. The molecule has 1 saturated heterocycles. The third-order valence-electron chi connectivity index (χ3n) is 2.54. The molecule has 0 aromatic heterocycles. The van der Waals surface area contributed by atoms with Gasteiger partial charge in [0.05, 0.1) is 12.1 Å². The van der Waals surface area contributed by atoms with Crippen LogP contribution in [0.2, 0.25) is 0 Å². The number of carboxylic acid groups (broad SMARTS) is 1. The molecule has 2 atom stereocenters. The molecule has 1 aliphatic heterocycles. The van der Waals surface area contributed by atoms with E-state index in [9.17, 15) is 14.7 Å². The fourth-order valence-corrected chi connectivity index (χ4v) is 1.83. The molecule has 0 saturated carbocycles. The van der Waals surface area contributed by atoms with Gasteiger partial charge in [-0.15, -0.1) is 0 Å². The molecule has 2 unspecified atom stereocenters. The summed E-state index contributed by atoms with van der Waals surface area (Å²) in [6.45, 7) is 2.43. The first-order valence-electron chi connectivity index (χ1n) is 5.46. The Balaban J connectivity index is 2.56. The number of nitrogens with one attached hydrogen (secondary N) is 1. The van der Waals surface area contributed by atoms with Crippen molar-refractivity contribution in [2.75, 3.05) is 19.6 Å². The van der Waals surface area contributed by atoms with Crippen molar-refractivity contribution in [2.45, 2.75) is 31.9 Å². The van der Waals surface area contributed by atoms with Crippen LogP contribution in [0.4, 0.5) is 0 Å².